The SMILES string of the molecule is CC(=O)N(C)c1ccc(OC[C@@H](O)Cn2cc(C=NNC(N)=O)c3ccccc32)cc1. The highest BCUT2D eigenvalue weighted by Crippen LogP contribution is 2.21. The van der Waals surface area contributed by atoms with Gasteiger partial charge in [-0.05, 0) is 30.3 Å². The number of rotatable bonds is 8. The van der Waals surface area contributed by atoms with Crippen LogP contribution in [0.3, 0.4) is 0 Å². The van der Waals surface area contributed by atoms with Crippen LogP contribution < -0.4 is 20.8 Å². The number of nitrogens with zero attached hydrogens (tertiary/aromatic N) is 3. The van der Waals surface area contributed by atoms with Gasteiger partial charge in [0.2, 0.25) is 5.91 Å². The fraction of sp³-hybridized carbons (Fsp3) is 0.227. The zero-order valence-corrected chi connectivity index (χ0v) is 17.4. The summed E-state index contributed by atoms with van der Waals surface area (Å²) in [6, 6.07) is 14.0. The number of fused-ring (bicyclic) bond motifs is 1. The van der Waals surface area contributed by atoms with Crippen LogP contribution in [0.15, 0.2) is 59.8 Å². The summed E-state index contributed by atoms with van der Waals surface area (Å²) in [5.74, 6) is 0.542. The largest absolute Gasteiger partial charge is 0.491 e. The maximum absolute atomic E-state index is 11.4. The molecular weight excluding hydrogens is 398 g/mol. The van der Waals surface area contributed by atoms with Gasteiger partial charge >= 0.3 is 6.03 Å². The molecule has 2 aromatic carbocycles. The van der Waals surface area contributed by atoms with E-state index in [4.69, 9.17) is 10.5 Å². The van der Waals surface area contributed by atoms with Gasteiger partial charge in [-0.1, -0.05) is 18.2 Å². The molecule has 3 amide bonds. The minimum absolute atomic E-state index is 0.0575. The Kier molecular flexibility index (Phi) is 6.88. The van der Waals surface area contributed by atoms with Crippen molar-refractivity contribution >= 4 is 34.7 Å². The number of aliphatic hydroxyl groups is 1. The second-order valence-electron chi connectivity index (χ2n) is 7.02. The number of aromatic nitrogens is 1. The van der Waals surface area contributed by atoms with Crippen LogP contribution >= 0.6 is 0 Å². The van der Waals surface area contributed by atoms with E-state index in [-0.39, 0.29) is 12.5 Å². The molecule has 0 aliphatic rings. The number of carbonyl (C=O) groups excluding carboxylic acids is 2. The van der Waals surface area contributed by atoms with Gasteiger partial charge in [0.25, 0.3) is 0 Å². The molecule has 3 rings (SSSR count). The molecule has 162 valence electrons. The van der Waals surface area contributed by atoms with Crippen LogP contribution in [0.5, 0.6) is 5.75 Å². The number of anilines is 1. The highest BCUT2D eigenvalue weighted by atomic mass is 16.5. The lowest BCUT2D eigenvalue weighted by Crippen LogP contribution is -2.24. The van der Waals surface area contributed by atoms with E-state index < -0.39 is 12.1 Å². The number of nitrogens with one attached hydrogen (secondary N) is 1. The summed E-state index contributed by atoms with van der Waals surface area (Å²) < 4.78 is 7.59. The first-order valence-electron chi connectivity index (χ1n) is 9.66. The van der Waals surface area contributed by atoms with Crippen LogP contribution in [0.2, 0.25) is 0 Å². The van der Waals surface area contributed by atoms with Crippen molar-refractivity contribution in [3.63, 3.8) is 0 Å². The third-order valence-corrected chi connectivity index (χ3v) is 4.74. The number of nitrogens with two attached hydrogens (primary N) is 1. The van der Waals surface area contributed by atoms with E-state index in [2.05, 4.69) is 10.5 Å². The van der Waals surface area contributed by atoms with E-state index in [9.17, 15) is 14.7 Å². The van der Waals surface area contributed by atoms with Crippen molar-refractivity contribution in [2.75, 3.05) is 18.6 Å². The molecular formula is C22H25N5O4. The molecule has 1 aromatic heterocycles. The molecule has 9 heteroatoms. The van der Waals surface area contributed by atoms with Gasteiger partial charge < -0.3 is 25.0 Å². The lowest BCUT2D eigenvalue weighted by molar-refractivity contribution is -0.116. The Morgan fingerprint density at radius 3 is 2.65 bits per heavy atom. The molecule has 0 aliphatic heterocycles. The molecule has 4 N–H and O–H groups in total. The summed E-state index contributed by atoms with van der Waals surface area (Å²) in [6.07, 6.45) is 2.59. The highest BCUT2D eigenvalue weighted by Gasteiger charge is 2.12. The number of hydrogen-bond donors (Lipinski definition) is 3. The highest BCUT2D eigenvalue weighted by molar-refractivity contribution is 5.99. The van der Waals surface area contributed by atoms with E-state index in [0.717, 1.165) is 22.2 Å². The topological polar surface area (TPSA) is 122 Å². The summed E-state index contributed by atoms with van der Waals surface area (Å²) in [5, 5.41) is 15.2. The van der Waals surface area contributed by atoms with Crippen molar-refractivity contribution < 1.29 is 19.4 Å². The lowest BCUT2D eigenvalue weighted by atomic mass is 10.2. The molecule has 1 heterocycles. The van der Waals surface area contributed by atoms with Crippen molar-refractivity contribution in [2.45, 2.75) is 19.6 Å². The Morgan fingerprint density at radius 1 is 1.26 bits per heavy atom. The first-order valence-corrected chi connectivity index (χ1v) is 9.66. The summed E-state index contributed by atoms with van der Waals surface area (Å²) in [6.45, 7) is 1.90. The van der Waals surface area contributed by atoms with Gasteiger partial charge in [-0.25, -0.2) is 10.2 Å². The zero-order valence-electron chi connectivity index (χ0n) is 17.4. The monoisotopic (exact) mass is 423 g/mol. The van der Waals surface area contributed by atoms with Crippen molar-refractivity contribution in [1.82, 2.24) is 9.99 Å². The maximum Gasteiger partial charge on any atom is 0.332 e. The summed E-state index contributed by atoms with van der Waals surface area (Å²) in [7, 11) is 1.70. The molecule has 0 bridgehead atoms. The molecule has 31 heavy (non-hydrogen) atoms. The molecule has 0 saturated carbocycles. The van der Waals surface area contributed by atoms with Gasteiger partial charge in [-0.15, -0.1) is 0 Å². The van der Waals surface area contributed by atoms with Crippen LogP contribution in [-0.2, 0) is 11.3 Å². The Hall–Kier alpha value is -3.85. The number of primary amides is 1. The fourth-order valence-electron chi connectivity index (χ4n) is 3.11. The molecule has 1 atom stereocenters. The number of carbonyl (C=O) groups is 2. The minimum atomic E-state index is -0.760. The Labute approximate surface area is 179 Å². The summed E-state index contributed by atoms with van der Waals surface area (Å²) in [4.78, 5) is 23.8. The molecule has 0 fully saturated rings. The van der Waals surface area contributed by atoms with Crippen molar-refractivity contribution in [3.8, 4) is 5.75 Å². The minimum Gasteiger partial charge on any atom is -0.491 e. The second kappa shape index (κ2) is 9.77. The van der Waals surface area contributed by atoms with Gasteiger partial charge in [-0.3, -0.25) is 4.79 Å². The van der Waals surface area contributed by atoms with E-state index >= 15 is 0 Å². The number of hydrogen-bond acceptors (Lipinski definition) is 5. The Balaban J connectivity index is 1.65. The van der Waals surface area contributed by atoms with Crippen LogP contribution in [0.1, 0.15) is 12.5 Å². The van der Waals surface area contributed by atoms with Crippen molar-refractivity contribution in [2.24, 2.45) is 10.8 Å². The van der Waals surface area contributed by atoms with Gasteiger partial charge in [0.05, 0.1) is 12.8 Å². The average molecular weight is 423 g/mol. The van der Waals surface area contributed by atoms with Crippen LogP contribution in [0.25, 0.3) is 10.9 Å². The van der Waals surface area contributed by atoms with E-state index in [1.165, 1.54) is 18.0 Å². The third kappa shape index (κ3) is 5.61. The second-order valence-corrected chi connectivity index (χ2v) is 7.02. The summed E-state index contributed by atoms with van der Waals surface area (Å²) in [5.41, 5.74) is 9.66. The molecule has 0 radical (unpaired) electrons. The lowest BCUT2D eigenvalue weighted by Gasteiger charge is -2.16. The molecule has 9 nitrogen and oxygen atoms in total. The predicted octanol–water partition coefficient (Wildman–Crippen LogP) is 2.07. The smallest absolute Gasteiger partial charge is 0.332 e. The van der Waals surface area contributed by atoms with Crippen molar-refractivity contribution in [1.29, 1.82) is 0 Å². The number of aliphatic hydroxyl groups excluding tert-OH is 1. The maximum atomic E-state index is 11.4. The normalized spacial score (nSPS) is 12.1. The number of hydrazone groups is 1. The summed E-state index contributed by atoms with van der Waals surface area (Å²) >= 11 is 0. The Morgan fingerprint density at radius 2 is 1.97 bits per heavy atom. The predicted molar refractivity (Wildman–Crippen MR) is 119 cm³/mol. The van der Waals surface area contributed by atoms with Gasteiger partial charge in [0.1, 0.15) is 18.5 Å². The average Bonchev–Trinajstić information content (AvgIpc) is 3.09. The van der Waals surface area contributed by atoms with Crippen LogP contribution in [-0.4, -0.2) is 47.6 Å². The fourth-order valence-corrected chi connectivity index (χ4v) is 3.11. The van der Waals surface area contributed by atoms with Crippen molar-refractivity contribution in [3.05, 3.63) is 60.3 Å². The number of amides is 3. The standard InChI is InChI=1S/C22H25N5O4/c1-15(28)26(2)17-7-9-19(10-8-17)31-14-18(29)13-27-12-16(11-24-25-22(23)30)20-5-3-4-6-21(20)27/h3-12,18,29H,13-14H2,1-2H3,(H3,23,25,30)/t18-/m0/s1. The van der Waals surface area contributed by atoms with Gasteiger partial charge in [0, 0.05) is 42.3 Å². The van der Waals surface area contributed by atoms with E-state index in [1.807, 2.05) is 35.0 Å². The van der Waals surface area contributed by atoms with Gasteiger partial charge in [0.15, 0.2) is 0 Å². The third-order valence-electron chi connectivity index (χ3n) is 4.74. The number of urea groups is 1. The first kappa shape index (κ1) is 21.8. The van der Waals surface area contributed by atoms with E-state index in [0.29, 0.717) is 12.3 Å². The van der Waals surface area contributed by atoms with Gasteiger partial charge in [-0.2, -0.15) is 5.10 Å². The quantitative estimate of drug-likeness (QED) is 0.379. The van der Waals surface area contributed by atoms with Crippen LogP contribution in [0.4, 0.5) is 10.5 Å². The molecule has 0 unspecified atom stereocenters. The molecule has 0 spiro atoms. The molecule has 3 aromatic rings. The molecule has 0 saturated heterocycles. The Bertz CT molecular complexity index is 1090. The first-order chi connectivity index (χ1) is 14.8. The number of para-hydroxylation sites is 1. The zero-order chi connectivity index (χ0) is 22.4. The number of benzene rings is 2. The van der Waals surface area contributed by atoms with Crippen LogP contribution in [0, 0.1) is 0 Å². The number of ether oxygens (including phenoxy) is 1. The van der Waals surface area contributed by atoms with E-state index in [1.54, 1.807) is 31.3 Å². The molecule has 0 aliphatic carbocycles.